The lowest BCUT2D eigenvalue weighted by atomic mass is 9.95. The molecule has 0 spiro atoms. The smallest absolute Gasteiger partial charge is 0.261 e. The third-order valence-electron chi connectivity index (χ3n) is 5.41. The summed E-state index contributed by atoms with van der Waals surface area (Å²) in [6.07, 6.45) is 7.85. The van der Waals surface area contributed by atoms with Gasteiger partial charge in [-0.15, -0.1) is 0 Å². The molecular weight excluding hydrogens is 316 g/mol. The van der Waals surface area contributed by atoms with Crippen molar-refractivity contribution >= 4 is 5.91 Å². The molecule has 25 heavy (non-hydrogen) atoms. The second kappa shape index (κ2) is 6.17. The van der Waals surface area contributed by atoms with Gasteiger partial charge in [-0.1, -0.05) is 0 Å². The molecule has 0 saturated carbocycles. The number of hydrogen-bond acceptors (Lipinski definition) is 3. The van der Waals surface area contributed by atoms with Crippen molar-refractivity contribution in [1.29, 1.82) is 0 Å². The molecule has 1 aliphatic heterocycles. The van der Waals surface area contributed by atoms with Crippen molar-refractivity contribution in [3.63, 3.8) is 0 Å². The van der Waals surface area contributed by atoms with Crippen LogP contribution in [0.2, 0.25) is 0 Å². The van der Waals surface area contributed by atoms with Gasteiger partial charge in [-0.2, -0.15) is 0 Å². The van der Waals surface area contributed by atoms with Crippen molar-refractivity contribution in [2.24, 2.45) is 7.05 Å². The minimum Gasteiger partial charge on any atom is -0.336 e. The molecule has 1 aliphatic carbocycles. The van der Waals surface area contributed by atoms with E-state index in [-0.39, 0.29) is 23.1 Å². The van der Waals surface area contributed by atoms with Crippen molar-refractivity contribution in [2.75, 3.05) is 6.54 Å². The lowest BCUT2D eigenvalue weighted by molar-refractivity contribution is 0.0726. The fourth-order valence-corrected chi connectivity index (χ4v) is 4.21. The van der Waals surface area contributed by atoms with E-state index in [0.717, 1.165) is 61.3 Å². The maximum absolute atomic E-state index is 13.1. The molecular formula is C19H24N4O2. The van der Waals surface area contributed by atoms with Gasteiger partial charge in [0, 0.05) is 25.5 Å². The summed E-state index contributed by atoms with van der Waals surface area (Å²) in [5.41, 5.74) is 3.09. The second-order valence-corrected chi connectivity index (χ2v) is 7.23. The molecule has 0 unspecified atom stereocenters. The van der Waals surface area contributed by atoms with Crippen LogP contribution in [-0.2, 0) is 19.9 Å². The average molecular weight is 340 g/mol. The number of nitrogens with zero attached hydrogens (tertiary/aromatic N) is 3. The Morgan fingerprint density at radius 3 is 2.84 bits per heavy atom. The van der Waals surface area contributed by atoms with Gasteiger partial charge in [0.05, 0.1) is 11.7 Å². The highest BCUT2D eigenvalue weighted by Crippen LogP contribution is 2.32. The van der Waals surface area contributed by atoms with E-state index in [2.05, 4.69) is 9.97 Å². The monoisotopic (exact) mass is 340 g/mol. The predicted octanol–water partition coefficient (Wildman–Crippen LogP) is 2.27. The van der Waals surface area contributed by atoms with Crippen LogP contribution >= 0.6 is 0 Å². The number of likely N-dealkylation sites (tertiary alicyclic amines) is 1. The number of carbonyl (C=O) groups excluding carboxylic acids is 1. The minimum atomic E-state index is -0.257. The molecule has 3 heterocycles. The van der Waals surface area contributed by atoms with E-state index in [1.165, 1.54) is 0 Å². The van der Waals surface area contributed by atoms with Gasteiger partial charge < -0.3 is 14.5 Å². The summed E-state index contributed by atoms with van der Waals surface area (Å²) in [5.74, 6) is 0.732. The summed E-state index contributed by atoms with van der Waals surface area (Å²) < 4.78 is 1.99. The summed E-state index contributed by atoms with van der Waals surface area (Å²) in [6.45, 7) is 2.63. The minimum absolute atomic E-state index is 0.0540. The van der Waals surface area contributed by atoms with E-state index >= 15 is 0 Å². The fraction of sp³-hybridized carbons (Fsp3) is 0.526. The number of rotatable bonds is 2. The Labute approximate surface area is 146 Å². The third-order valence-corrected chi connectivity index (χ3v) is 5.41. The van der Waals surface area contributed by atoms with Crippen LogP contribution in [0.1, 0.15) is 64.9 Å². The number of aromatic amines is 1. The fourth-order valence-electron chi connectivity index (χ4n) is 4.21. The molecule has 132 valence electrons. The van der Waals surface area contributed by atoms with Gasteiger partial charge in [-0.3, -0.25) is 9.59 Å². The number of carbonyl (C=O) groups is 1. The SMILES string of the molecule is Cc1cn(C)c([C@@H]2CCCN2C(=O)c2cc3c([nH]c2=O)CCCC3)n1. The molecule has 6 heteroatoms. The number of nitrogens with one attached hydrogen (secondary N) is 1. The molecule has 1 saturated heterocycles. The summed E-state index contributed by atoms with van der Waals surface area (Å²) in [7, 11) is 1.96. The molecule has 2 aromatic rings. The van der Waals surface area contributed by atoms with Crippen LogP contribution in [0.3, 0.4) is 0 Å². The first-order valence-corrected chi connectivity index (χ1v) is 9.10. The Hall–Kier alpha value is -2.37. The van der Waals surface area contributed by atoms with E-state index in [9.17, 15) is 9.59 Å². The quantitative estimate of drug-likeness (QED) is 0.912. The Bertz CT molecular complexity index is 880. The zero-order valence-electron chi connectivity index (χ0n) is 14.8. The third kappa shape index (κ3) is 2.79. The first kappa shape index (κ1) is 16.1. The Morgan fingerprint density at radius 2 is 2.08 bits per heavy atom. The van der Waals surface area contributed by atoms with Crippen LogP contribution < -0.4 is 5.56 Å². The van der Waals surface area contributed by atoms with Crippen molar-refractivity contribution < 1.29 is 4.79 Å². The van der Waals surface area contributed by atoms with Gasteiger partial charge in [0.1, 0.15) is 11.4 Å². The standard InChI is InChI=1S/C19H24N4O2/c1-12-11-22(2)17(20-12)16-8-5-9-23(16)19(25)14-10-13-6-3-4-7-15(13)21-18(14)24/h10-11,16H,3-9H2,1-2H3,(H,21,24)/t16-/m0/s1. The number of H-pyrrole nitrogens is 1. The maximum atomic E-state index is 13.1. The summed E-state index contributed by atoms with van der Waals surface area (Å²) in [4.78, 5) is 35.0. The van der Waals surface area contributed by atoms with Crippen LogP contribution in [0, 0.1) is 6.92 Å². The molecule has 1 amide bonds. The molecule has 0 aromatic carbocycles. The summed E-state index contributed by atoms with van der Waals surface area (Å²) >= 11 is 0. The number of aromatic nitrogens is 3. The van der Waals surface area contributed by atoms with Crippen molar-refractivity contribution in [3.05, 3.63) is 51.0 Å². The van der Waals surface area contributed by atoms with Crippen LogP contribution in [0.5, 0.6) is 0 Å². The van der Waals surface area contributed by atoms with Crippen molar-refractivity contribution in [3.8, 4) is 0 Å². The highest BCUT2D eigenvalue weighted by molar-refractivity contribution is 5.94. The van der Waals surface area contributed by atoms with E-state index in [1.54, 1.807) is 0 Å². The van der Waals surface area contributed by atoms with E-state index in [4.69, 9.17) is 0 Å². The number of imidazole rings is 1. The molecule has 6 nitrogen and oxygen atoms in total. The zero-order valence-corrected chi connectivity index (χ0v) is 14.8. The molecule has 0 radical (unpaired) electrons. The number of pyridine rings is 1. The molecule has 2 aliphatic rings. The summed E-state index contributed by atoms with van der Waals surface area (Å²) in [5, 5.41) is 0. The molecule has 0 bridgehead atoms. The first-order valence-electron chi connectivity index (χ1n) is 9.10. The number of amides is 1. The molecule has 1 N–H and O–H groups in total. The molecule has 1 atom stereocenters. The molecule has 1 fully saturated rings. The molecule has 4 rings (SSSR count). The number of aryl methyl sites for hydroxylation is 4. The van der Waals surface area contributed by atoms with Crippen LogP contribution in [-0.4, -0.2) is 31.9 Å². The largest absolute Gasteiger partial charge is 0.336 e. The molecule has 2 aromatic heterocycles. The van der Waals surface area contributed by atoms with E-state index < -0.39 is 0 Å². The van der Waals surface area contributed by atoms with E-state index in [1.807, 2.05) is 35.7 Å². The van der Waals surface area contributed by atoms with Crippen molar-refractivity contribution in [2.45, 2.75) is 51.5 Å². The number of hydrogen-bond donors (Lipinski definition) is 1. The highest BCUT2D eigenvalue weighted by Gasteiger charge is 2.34. The van der Waals surface area contributed by atoms with Gasteiger partial charge in [0.2, 0.25) is 0 Å². The Balaban J connectivity index is 1.68. The Kier molecular flexibility index (Phi) is 3.98. The van der Waals surface area contributed by atoms with Crippen molar-refractivity contribution in [1.82, 2.24) is 19.4 Å². The van der Waals surface area contributed by atoms with Gasteiger partial charge in [0.15, 0.2) is 0 Å². The van der Waals surface area contributed by atoms with Crippen LogP contribution in [0.25, 0.3) is 0 Å². The average Bonchev–Trinajstić information content (AvgIpc) is 3.19. The Morgan fingerprint density at radius 1 is 1.28 bits per heavy atom. The topological polar surface area (TPSA) is 71.0 Å². The van der Waals surface area contributed by atoms with Crippen LogP contribution in [0.15, 0.2) is 17.1 Å². The predicted molar refractivity (Wildman–Crippen MR) is 94.7 cm³/mol. The lowest BCUT2D eigenvalue weighted by Gasteiger charge is -2.25. The lowest BCUT2D eigenvalue weighted by Crippen LogP contribution is -2.36. The normalized spacial score (nSPS) is 19.9. The maximum Gasteiger partial charge on any atom is 0.261 e. The number of fused-ring (bicyclic) bond motifs is 1. The van der Waals surface area contributed by atoms with Crippen LogP contribution in [0.4, 0.5) is 0 Å². The zero-order chi connectivity index (χ0) is 17.6. The first-order chi connectivity index (χ1) is 12.0. The summed E-state index contributed by atoms with van der Waals surface area (Å²) in [6, 6.07) is 1.77. The highest BCUT2D eigenvalue weighted by atomic mass is 16.2. The second-order valence-electron chi connectivity index (χ2n) is 7.23. The van der Waals surface area contributed by atoms with Gasteiger partial charge in [0.25, 0.3) is 11.5 Å². The van der Waals surface area contributed by atoms with Gasteiger partial charge >= 0.3 is 0 Å². The van der Waals surface area contributed by atoms with Gasteiger partial charge in [-0.25, -0.2) is 4.98 Å². The van der Waals surface area contributed by atoms with Gasteiger partial charge in [-0.05, 0) is 57.1 Å². The van der Waals surface area contributed by atoms with E-state index in [0.29, 0.717) is 6.54 Å².